The van der Waals surface area contributed by atoms with E-state index in [0.29, 0.717) is 23.5 Å². The molecule has 2 unspecified atom stereocenters. The lowest BCUT2D eigenvalue weighted by atomic mass is 9.78. The van der Waals surface area contributed by atoms with Gasteiger partial charge in [0.25, 0.3) is 5.91 Å². The average Bonchev–Trinajstić information content (AvgIpc) is 2.60. The number of amides is 1. The maximum atomic E-state index is 13.2. The Labute approximate surface area is 151 Å². The van der Waals surface area contributed by atoms with Crippen molar-refractivity contribution in [2.75, 3.05) is 20.8 Å². The van der Waals surface area contributed by atoms with E-state index in [1.807, 2.05) is 12.1 Å². The van der Waals surface area contributed by atoms with Crippen molar-refractivity contribution in [3.05, 3.63) is 21.3 Å². The summed E-state index contributed by atoms with van der Waals surface area (Å²) in [6, 6.07) is 4.14. The van der Waals surface area contributed by atoms with Gasteiger partial charge in [0.1, 0.15) is 0 Å². The molecule has 0 aromatic heterocycles. The molecular weight excluding hydrogens is 405 g/mol. The van der Waals surface area contributed by atoms with Crippen LogP contribution in [0.5, 0.6) is 11.5 Å². The molecule has 1 aliphatic heterocycles. The highest BCUT2D eigenvalue weighted by atomic mass is 127. The summed E-state index contributed by atoms with van der Waals surface area (Å²) in [5.41, 5.74) is 0.731. The summed E-state index contributed by atoms with van der Waals surface area (Å²) in [5, 5.41) is 0. The number of piperidine rings is 1. The molecule has 1 aromatic carbocycles. The minimum Gasteiger partial charge on any atom is -0.493 e. The number of likely N-dealkylation sites (tertiary alicyclic amines) is 1. The Bertz CT molecular complexity index is 588. The lowest BCUT2D eigenvalue weighted by molar-refractivity contribution is 0.0389. The van der Waals surface area contributed by atoms with Gasteiger partial charge in [-0.1, -0.05) is 12.8 Å². The van der Waals surface area contributed by atoms with Crippen molar-refractivity contribution in [2.45, 2.75) is 44.6 Å². The summed E-state index contributed by atoms with van der Waals surface area (Å²) in [5.74, 6) is 2.13. The van der Waals surface area contributed by atoms with Gasteiger partial charge < -0.3 is 14.4 Å². The molecule has 1 heterocycles. The second-order valence-electron chi connectivity index (χ2n) is 6.44. The SMILES string of the molecule is COc1cc(I)c(C(=O)N2CCCC3CCCCC32)cc1OC. The van der Waals surface area contributed by atoms with Gasteiger partial charge in [0, 0.05) is 16.2 Å². The summed E-state index contributed by atoms with van der Waals surface area (Å²) in [6.07, 6.45) is 7.39. The molecule has 0 bridgehead atoms. The molecule has 1 saturated heterocycles. The maximum Gasteiger partial charge on any atom is 0.255 e. The predicted molar refractivity (Wildman–Crippen MR) is 98.3 cm³/mol. The Kier molecular flexibility index (Phi) is 5.34. The molecule has 5 heteroatoms. The van der Waals surface area contributed by atoms with E-state index in [0.717, 1.165) is 28.5 Å². The van der Waals surface area contributed by atoms with Gasteiger partial charge in [0.15, 0.2) is 11.5 Å². The summed E-state index contributed by atoms with van der Waals surface area (Å²) >= 11 is 2.22. The lowest BCUT2D eigenvalue weighted by Gasteiger charge is -2.44. The molecule has 1 amide bonds. The van der Waals surface area contributed by atoms with Crippen molar-refractivity contribution < 1.29 is 14.3 Å². The third-order valence-electron chi connectivity index (χ3n) is 5.21. The van der Waals surface area contributed by atoms with Gasteiger partial charge in [-0.3, -0.25) is 4.79 Å². The number of benzene rings is 1. The number of fused-ring (bicyclic) bond motifs is 1. The second-order valence-corrected chi connectivity index (χ2v) is 7.60. The van der Waals surface area contributed by atoms with Crippen molar-refractivity contribution in [1.82, 2.24) is 4.90 Å². The minimum atomic E-state index is 0.145. The fourth-order valence-corrected chi connectivity index (χ4v) is 4.72. The topological polar surface area (TPSA) is 38.8 Å². The van der Waals surface area contributed by atoms with Crippen molar-refractivity contribution >= 4 is 28.5 Å². The normalized spacial score (nSPS) is 24.0. The van der Waals surface area contributed by atoms with Crippen LogP contribution in [0.2, 0.25) is 0 Å². The molecule has 1 aliphatic carbocycles. The van der Waals surface area contributed by atoms with E-state index in [1.165, 1.54) is 25.7 Å². The highest BCUT2D eigenvalue weighted by Gasteiger charge is 2.36. The number of carbonyl (C=O) groups is 1. The fourth-order valence-electron chi connectivity index (χ4n) is 4.05. The first-order valence-corrected chi connectivity index (χ1v) is 9.46. The third-order valence-corrected chi connectivity index (χ3v) is 6.10. The van der Waals surface area contributed by atoms with E-state index in [4.69, 9.17) is 9.47 Å². The molecule has 2 atom stereocenters. The van der Waals surface area contributed by atoms with Gasteiger partial charge in [-0.25, -0.2) is 0 Å². The molecule has 1 saturated carbocycles. The summed E-state index contributed by atoms with van der Waals surface area (Å²) in [4.78, 5) is 15.3. The molecule has 0 radical (unpaired) electrons. The Morgan fingerprint density at radius 2 is 1.74 bits per heavy atom. The Hall–Kier alpha value is -0.980. The van der Waals surface area contributed by atoms with E-state index in [1.54, 1.807) is 14.2 Å². The van der Waals surface area contributed by atoms with Gasteiger partial charge >= 0.3 is 0 Å². The van der Waals surface area contributed by atoms with Crippen LogP contribution >= 0.6 is 22.6 Å². The average molecular weight is 429 g/mol. The standard InChI is InChI=1S/C18H24INO3/c1-22-16-10-13(14(19)11-17(16)23-2)18(21)20-9-5-7-12-6-3-4-8-15(12)20/h10-12,15H,3-9H2,1-2H3. The van der Waals surface area contributed by atoms with Crippen LogP contribution in [0.4, 0.5) is 0 Å². The number of rotatable bonds is 3. The van der Waals surface area contributed by atoms with Crippen molar-refractivity contribution in [3.63, 3.8) is 0 Å². The summed E-state index contributed by atoms with van der Waals surface area (Å²) in [7, 11) is 3.23. The zero-order chi connectivity index (χ0) is 16.4. The van der Waals surface area contributed by atoms with E-state index in [-0.39, 0.29) is 5.91 Å². The van der Waals surface area contributed by atoms with Crippen LogP contribution in [0.25, 0.3) is 0 Å². The highest BCUT2D eigenvalue weighted by molar-refractivity contribution is 14.1. The van der Waals surface area contributed by atoms with E-state index in [2.05, 4.69) is 27.5 Å². The Morgan fingerprint density at radius 1 is 1.09 bits per heavy atom. The highest BCUT2D eigenvalue weighted by Crippen LogP contribution is 2.37. The molecule has 126 valence electrons. The zero-order valence-corrected chi connectivity index (χ0v) is 16.0. The van der Waals surface area contributed by atoms with Crippen LogP contribution in [0.1, 0.15) is 48.9 Å². The maximum absolute atomic E-state index is 13.2. The van der Waals surface area contributed by atoms with Crippen LogP contribution in [-0.4, -0.2) is 37.6 Å². The van der Waals surface area contributed by atoms with Crippen molar-refractivity contribution in [1.29, 1.82) is 0 Å². The quantitative estimate of drug-likeness (QED) is 0.680. The number of carbonyl (C=O) groups excluding carboxylic acids is 1. The number of hydrogen-bond acceptors (Lipinski definition) is 3. The number of methoxy groups -OCH3 is 2. The van der Waals surface area contributed by atoms with E-state index in [9.17, 15) is 4.79 Å². The smallest absolute Gasteiger partial charge is 0.255 e. The number of ether oxygens (including phenoxy) is 2. The molecule has 4 nitrogen and oxygen atoms in total. The molecule has 0 N–H and O–H groups in total. The summed E-state index contributed by atoms with van der Waals surface area (Å²) in [6.45, 7) is 0.879. The van der Waals surface area contributed by atoms with Crippen LogP contribution in [0.15, 0.2) is 12.1 Å². The first kappa shape index (κ1) is 16.9. The lowest BCUT2D eigenvalue weighted by Crippen LogP contribution is -2.49. The van der Waals surface area contributed by atoms with Crippen LogP contribution < -0.4 is 9.47 Å². The van der Waals surface area contributed by atoms with Crippen LogP contribution in [-0.2, 0) is 0 Å². The van der Waals surface area contributed by atoms with Gasteiger partial charge in [-0.15, -0.1) is 0 Å². The largest absolute Gasteiger partial charge is 0.493 e. The van der Waals surface area contributed by atoms with Gasteiger partial charge in [-0.05, 0) is 66.3 Å². The number of hydrogen-bond donors (Lipinski definition) is 0. The first-order chi connectivity index (χ1) is 11.2. The van der Waals surface area contributed by atoms with Crippen LogP contribution in [0, 0.1) is 9.49 Å². The predicted octanol–water partition coefficient (Wildman–Crippen LogP) is 4.10. The number of nitrogens with zero attached hydrogens (tertiary/aromatic N) is 1. The molecule has 2 fully saturated rings. The Morgan fingerprint density at radius 3 is 2.48 bits per heavy atom. The molecular formula is C18H24INO3. The second kappa shape index (κ2) is 7.28. The molecule has 23 heavy (non-hydrogen) atoms. The summed E-state index contributed by atoms with van der Waals surface area (Å²) < 4.78 is 11.6. The molecule has 3 rings (SSSR count). The molecule has 2 aliphatic rings. The van der Waals surface area contributed by atoms with Gasteiger partial charge in [0.05, 0.1) is 19.8 Å². The Balaban J connectivity index is 1.90. The molecule has 1 aromatic rings. The number of halogens is 1. The first-order valence-electron chi connectivity index (χ1n) is 8.38. The van der Waals surface area contributed by atoms with Gasteiger partial charge in [0.2, 0.25) is 0 Å². The van der Waals surface area contributed by atoms with Crippen molar-refractivity contribution in [2.24, 2.45) is 5.92 Å². The van der Waals surface area contributed by atoms with E-state index < -0.39 is 0 Å². The fraction of sp³-hybridized carbons (Fsp3) is 0.611. The van der Waals surface area contributed by atoms with Crippen LogP contribution in [0.3, 0.4) is 0 Å². The van der Waals surface area contributed by atoms with Gasteiger partial charge in [-0.2, -0.15) is 0 Å². The van der Waals surface area contributed by atoms with Crippen molar-refractivity contribution in [3.8, 4) is 11.5 Å². The monoisotopic (exact) mass is 429 g/mol. The molecule has 0 spiro atoms. The third kappa shape index (κ3) is 3.30. The van der Waals surface area contributed by atoms with E-state index >= 15 is 0 Å². The zero-order valence-electron chi connectivity index (χ0n) is 13.8. The minimum absolute atomic E-state index is 0.145.